The summed E-state index contributed by atoms with van der Waals surface area (Å²) in [6.45, 7) is 83.5. The fourth-order valence-electron chi connectivity index (χ4n) is 19.1. The van der Waals surface area contributed by atoms with Gasteiger partial charge < -0.3 is 42.8 Å². The smallest absolute Gasteiger partial charge is 0.142 e. The molecule has 2 saturated carbocycles. The van der Waals surface area contributed by atoms with Gasteiger partial charge in [-0.2, -0.15) is 0 Å². The standard InChI is InChI=1S/C13H25NO.C12H23NO.C12H17NO.2C11H21NO.2C10H19NO.C9H17NO/c1-12(2,3)14-8-4-13(5-9-14)6-10-15-11-7-13;2*1-12(2,3)13-8-9-14-11-7-5-4-6-10(11)13;1-10(2,3)12-6-4-11(8-12)5-7-13-9-11;1-11(2,3)12-7-8-13-10-6-4-5-9(10)12;1-9(2,3)11-6-10(7-11)4-5-12-8-10;1-9(2,3)11-5-4-10(6-11)7-12-8-10;1-8(2,3)10-4-9(5-10)6-11-7-9/h4-11H2,1-3H3;10-11H,4-9H2,1-3H3;4-7H,8-9H2,1-3H3;4-9H2,1-3H3;9-10H,4-8H2,1-3H3;2*4-8H2,1-3H3;4-7H2,1-3H3. The molecule has 0 aromatic heterocycles. The van der Waals surface area contributed by atoms with Crippen molar-refractivity contribution >= 4 is 5.69 Å². The molecule has 602 valence electrons. The fraction of sp³-hybridized carbons (Fsp3) is 0.932. The van der Waals surface area contributed by atoms with Crippen LogP contribution in [-0.4, -0.2) is 274 Å². The van der Waals surface area contributed by atoms with E-state index in [9.17, 15) is 0 Å². The minimum Gasteiger partial charge on any atom is -0.490 e. The largest absolute Gasteiger partial charge is 0.490 e. The summed E-state index contributed by atoms with van der Waals surface area (Å²) >= 11 is 0. The number of morpholine rings is 2. The highest BCUT2D eigenvalue weighted by molar-refractivity contribution is 5.61. The van der Waals surface area contributed by atoms with Gasteiger partial charge >= 0.3 is 0 Å². The third-order valence-corrected chi connectivity index (χ3v) is 26.6. The van der Waals surface area contributed by atoms with Gasteiger partial charge in [0, 0.05) is 157 Å². The molecule has 1 aromatic carbocycles. The molecule has 15 aliphatic rings. The quantitative estimate of drug-likeness (QED) is 0.246. The van der Waals surface area contributed by atoms with E-state index in [1.165, 1.54) is 167 Å². The topological polar surface area (TPSA) is 99.8 Å². The molecule has 14 fully saturated rings. The van der Waals surface area contributed by atoms with Gasteiger partial charge in [-0.15, -0.1) is 0 Å². The second kappa shape index (κ2) is 34.7. The molecule has 16 nitrogen and oxygen atoms in total. The summed E-state index contributed by atoms with van der Waals surface area (Å²) in [5.41, 5.74) is 6.60. The summed E-state index contributed by atoms with van der Waals surface area (Å²) in [6.07, 6.45) is 21.0. The number of ether oxygens (including phenoxy) is 8. The third-order valence-electron chi connectivity index (χ3n) is 26.6. The van der Waals surface area contributed by atoms with Crippen molar-refractivity contribution in [1.29, 1.82) is 0 Å². The van der Waals surface area contributed by atoms with Crippen molar-refractivity contribution in [3.63, 3.8) is 0 Å². The van der Waals surface area contributed by atoms with E-state index in [4.69, 9.17) is 37.9 Å². The Morgan fingerprint density at radius 3 is 1.10 bits per heavy atom. The average molecular weight is 1460 g/mol. The van der Waals surface area contributed by atoms with Crippen LogP contribution in [0.15, 0.2) is 24.3 Å². The molecule has 5 spiro atoms. The SMILES string of the molecule is CC(C)(C)N1CC2(CCOC2)C1.CC(C)(C)N1CC2(COC2)C1.CC(C)(C)N1CCC2(CCOC2)C1.CC(C)(C)N1CCC2(CCOCC2)CC1.CC(C)(C)N1CCC2(COC2)C1.CC(C)(C)N1CCOC2CCCC21.CC(C)(C)N1CCOC2CCCCC21.CC(C)(C)N1CCOc2ccccc21. The van der Waals surface area contributed by atoms with Crippen LogP contribution < -0.4 is 9.64 Å². The Labute approximate surface area is 638 Å². The van der Waals surface area contributed by atoms with Crippen LogP contribution in [0, 0.1) is 27.1 Å². The van der Waals surface area contributed by atoms with Crippen LogP contribution in [-0.2, 0) is 33.2 Å². The Morgan fingerprint density at radius 2 is 0.673 bits per heavy atom. The Bertz CT molecular complexity index is 2710. The molecule has 5 atom stereocenters. The summed E-state index contributed by atoms with van der Waals surface area (Å²) in [5, 5.41) is 0. The molecule has 5 unspecified atom stereocenters. The van der Waals surface area contributed by atoms with Gasteiger partial charge in [0.15, 0.2) is 0 Å². The van der Waals surface area contributed by atoms with Crippen molar-refractivity contribution in [1.82, 2.24) is 34.3 Å². The van der Waals surface area contributed by atoms with Crippen molar-refractivity contribution in [2.75, 3.05) is 176 Å². The van der Waals surface area contributed by atoms with Crippen molar-refractivity contribution in [2.24, 2.45) is 27.1 Å². The fourth-order valence-corrected chi connectivity index (χ4v) is 19.1. The van der Waals surface area contributed by atoms with Gasteiger partial charge in [-0.05, 0) is 293 Å². The maximum absolute atomic E-state index is 5.87. The number of hydrogen-bond donors (Lipinski definition) is 0. The lowest BCUT2D eigenvalue weighted by molar-refractivity contribution is -0.207. The molecule has 1 aromatic rings. The molecule has 13 heterocycles. The van der Waals surface area contributed by atoms with Gasteiger partial charge in [0.2, 0.25) is 0 Å². The van der Waals surface area contributed by atoms with E-state index >= 15 is 0 Å². The van der Waals surface area contributed by atoms with Gasteiger partial charge in [0.05, 0.1) is 77.3 Å². The number of rotatable bonds is 0. The zero-order chi connectivity index (χ0) is 76.1. The molecule has 16 heteroatoms. The summed E-state index contributed by atoms with van der Waals surface area (Å²) in [4.78, 5) is 20.6. The Hall–Kier alpha value is -1.74. The summed E-state index contributed by atoms with van der Waals surface area (Å²) in [7, 11) is 0. The van der Waals surface area contributed by atoms with E-state index in [2.05, 4.69) is 218 Å². The molecule has 0 bridgehead atoms. The predicted octanol–water partition coefficient (Wildman–Crippen LogP) is 15.9. The minimum atomic E-state index is 0.167. The van der Waals surface area contributed by atoms with Crippen LogP contribution in [0.5, 0.6) is 5.75 Å². The Kier molecular flexibility index (Phi) is 28.8. The van der Waals surface area contributed by atoms with Gasteiger partial charge in [0.1, 0.15) is 12.4 Å². The Morgan fingerprint density at radius 1 is 0.298 bits per heavy atom. The molecule has 2 aliphatic carbocycles. The second-order valence-corrected chi connectivity index (χ2v) is 43.1. The first-order valence-electron chi connectivity index (χ1n) is 42.3. The molecule has 0 radical (unpaired) electrons. The summed E-state index contributed by atoms with van der Waals surface area (Å²) < 4.78 is 44.2. The number of anilines is 1. The van der Waals surface area contributed by atoms with Gasteiger partial charge in [0.25, 0.3) is 0 Å². The van der Waals surface area contributed by atoms with Gasteiger partial charge in [-0.25, -0.2) is 0 Å². The van der Waals surface area contributed by atoms with Crippen LogP contribution in [0.1, 0.15) is 262 Å². The third kappa shape index (κ3) is 23.2. The van der Waals surface area contributed by atoms with Crippen molar-refractivity contribution < 1.29 is 37.9 Å². The summed E-state index contributed by atoms with van der Waals surface area (Å²) in [5.74, 6) is 1.01. The number of hydrogen-bond acceptors (Lipinski definition) is 16. The van der Waals surface area contributed by atoms with Crippen molar-refractivity contribution in [3.8, 4) is 5.75 Å². The zero-order valence-corrected chi connectivity index (χ0v) is 72.0. The molecular formula is C88H162N8O8. The molecule has 104 heavy (non-hydrogen) atoms. The molecular weight excluding hydrogens is 1300 g/mol. The molecule has 16 rings (SSSR count). The van der Waals surface area contributed by atoms with E-state index in [1.54, 1.807) is 0 Å². The highest BCUT2D eigenvalue weighted by atomic mass is 16.5. The van der Waals surface area contributed by atoms with Gasteiger partial charge in [-0.1, -0.05) is 25.0 Å². The molecule has 13 aliphatic heterocycles. The maximum Gasteiger partial charge on any atom is 0.142 e. The van der Waals surface area contributed by atoms with E-state index in [1.807, 2.05) is 12.1 Å². The highest BCUT2D eigenvalue weighted by Crippen LogP contribution is 2.46. The second-order valence-electron chi connectivity index (χ2n) is 43.1. The van der Waals surface area contributed by atoms with Crippen LogP contribution in [0.3, 0.4) is 0 Å². The van der Waals surface area contributed by atoms with Crippen molar-refractivity contribution in [2.45, 2.75) is 331 Å². The van der Waals surface area contributed by atoms with E-state index in [0.29, 0.717) is 90.1 Å². The van der Waals surface area contributed by atoms with Crippen LogP contribution in [0.4, 0.5) is 5.69 Å². The number of likely N-dealkylation sites (tertiary alicyclic amines) is 5. The minimum absolute atomic E-state index is 0.167. The van der Waals surface area contributed by atoms with Crippen LogP contribution in [0.2, 0.25) is 0 Å². The molecule has 0 amide bonds. The molecule has 0 N–H and O–H groups in total. The number of piperidine rings is 1. The number of para-hydroxylation sites is 2. The average Bonchev–Trinajstić information content (AvgIpc) is 1.09. The van der Waals surface area contributed by atoms with E-state index in [0.717, 1.165) is 111 Å². The first-order valence-corrected chi connectivity index (χ1v) is 42.3. The predicted molar refractivity (Wildman–Crippen MR) is 431 cm³/mol. The highest BCUT2D eigenvalue weighted by Gasteiger charge is 2.53. The van der Waals surface area contributed by atoms with E-state index < -0.39 is 0 Å². The maximum atomic E-state index is 5.87. The van der Waals surface area contributed by atoms with Crippen molar-refractivity contribution in [3.05, 3.63) is 24.3 Å². The van der Waals surface area contributed by atoms with E-state index in [-0.39, 0.29) is 5.54 Å². The van der Waals surface area contributed by atoms with Gasteiger partial charge in [-0.3, -0.25) is 34.3 Å². The van der Waals surface area contributed by atoms with Crippen LogP contribution >= 0.6 is 0 Å². The summed E-state index contributed by atoms with van der Waals surface area (Å²) in [6, 6.07) is 9.63. The lowest BCUT2D eigenvalue weighted by Gasteiger charge is -2.59. The number of nitrogens with zero attached hydrogens (tertiary/aromatic N) is 8. The number of benzene rings is 1. The lowest BCUT2D eigenvalue weighted by atomic mass is 9.72. The normalized spacial score (nSPS) is 29.9. The lowest BCUT2D eigenvalue weighted by Crippen LogP contribution is -2.69. The van der Waals surface area contributed by atoms with Crippen LogP contribution in [0.25, 0.3) is 0 Å². The Balaban J connectivity index is 0.000000138. The first kappa shape index (κ1) is 86.2. The zero-order valence-electron chi connectivity index (χ0n) is 72.0. The monoisotopic (exact) mass is 1460 g/mol. The first-order chi connectivity index (χ1) is 48.4. The molecule has 12 saturated heterocycles. The number of fused-ring (bicyclic) bond motifs is 3.